The van der Waals surface area contributed by atoms with Gasteiger partial charge < -0.3 is 10.2 Å². The van der Waals surface area contributed by atoms with Crippen LogP contribution in [0.3, 0.4) is 0 Å². The Kier molecular flexibility index (Phi) is 3.54. The first kappa shape index (κ1) is 13.5. The summed E-state index contributed by atoms with van der Waals surface area (Å²) in [6, 6.07) is 4.96. The predicted molar refractivity (Wildman–Crippen MR) is 63.8 cm³/mol. The summed E-state index contributed by atoms with van der Waals surface area (Å²) in [5, 5.41) is -0.377. The standard InChI is InChI=1S/C11H10F2N2O3S/c12-7-3-8(13)5-9(4-7)15-19(16,17)11-2-1-10(6-14)18-11/h1-5,15H,6,14H2. The highest BCUT2D eigenvalue weighted by molar-refractivity contribution is 7.92. The van der Waals surface area contributed by atoms with Crippen LogP contribution in [-0.2, 0) is 16.6 Å². The summed E-state index contributed by atoms with van der Waals surface area (Å²) in [7, 11) is -4.04. The molecule has 0 aliphatic rings. The van der Waals surface area contributed by atoms with Crippen molar-refractivity contribution in [2.75, 3.05) is 4.72 Å². The fourth-order valence-electron chi connectivity index (χ4n) is 1.43. The Morgan fingerprint density at radius 1 is 1.16 bits per heavy atom. The Hall–Kier alpha value is -1.93. The highest BCUT2D eigenvalue weighted by Gasteiger charge is 2.19. The number of benzene rings is 1. The molecule has 0 saturated heterocycles. The number of sulfonamides is 1. The molecular weight excluding hydrogens is 278 g/mol. The normalized spacial score (nSPS) is 11.5. The molecule has 5 nitrogen and oxygen atoms in total. The van der Waals surface area contributed by atoms with Crippen LogP contribution in [0.4, 0.5) is 14.5 Å². The van der Waals surface area contributed by atoms with E-state index in [1.54, 1.807) is 0 Å². The molecule has 0 saturated carbocycles. The molecule has 0 spiro atoms. The summed E-state index contributed by atoms with van der Waals surface area (Å²) in [6.07, 6.45) is 0. The highest BCUT2D eigenvalue weighted by Crippen LogP contribution is 2.20. The highest BCUT2D eigenvalue weighted by atomic mass is 32.2. The van der Waals surface area contributed by atoms with Crippen LogP contribution >= 0.6 is 0 Å². The van der Waals surface area contributed by atoms with Gasteiger partial charge in [0.2, 0.25) is 5.09 Å². The third-order valence-electron chi connectivity index (χ3n) is 2.22. The summed E-state index contributed by atoms with van der Waals surface area (Å²) < 4.78 is 56.6. The first-order valence-corrected chi connectivity index (χ1v) is 6.67. The van der Waals surface area contributed by atoms with Crippen molar-refractivity contribution < 1.29 is 21.6 Å². The maximum atomic E-state index is 12.9. The number of rotatable bonds is 4. The van der Waals surface area contributed by atoms with Crippen molar-refractivity contribution in [3.05, 3.63) is 47.7 Å². The van der Waals surface area contributed by atoms with Crippen LogP contribution in [0.25, 0.3) is 0 Å². The smallest absolute Gasteiger partial charge is 0.295 e. The SMILES string of the molecule is NCc1ccc(S(=O)(=O)Nc2cc(F)cc(F)c2)o1. The van der Waals surface area contributed by atoms with Crippen LogP contribution in [0.1, 0.15) is 5.76 Å². The Bertz CT molecular complexity index is 677. The Labute approximate surface area is 108 Å². The van der Waals surface area contributed by atoms with Gasteiger partial charge in [0, 0.05) is 6.07 Å². The molecule has 0 atom stereocenters. The van der Waals surface area contributed by atoms with E-state index in [1.807, 2.05) is 4.72 Å². The minimum absolute atomic E-state index is 0.0457. The number of nitrogens with one attached hydrogen (secondary N) is 1. The van der Waals surface area contributed by atoms with E-state index >= 15 is 0 Å². The lowest BCUT2D eigenvalue weighted by molar-refractivity contribution is 0.417. The first-order valence-electron chi connectivity index (χ1n) is 5.18. The molecule has 3 N–H and O–H groups in total. The predicted octanol–water partition coefficient (Wildman–Crippen LogP) is 1.82. The van der Waals surface area contributed by atoms with Crippen molar-refractivity contribution in [3.63, 3.8) is 0 Å². The molecular formula is C11H10F2N2O3S. The second-order valence-corrected chi connectivity index (χ2v) is 5.30. The fourth-order valence-corrected chi connectivity index (χ4v) is 2.42. The molecule has 0 unspecified atom stereocenters. The largest absolute Gasteiger partial charge is 0.446 e. The van der Waals surface area contributed by atoms with Gasteiger partial charge in [-0.2, -0.15) is 8.42 Å². The van der Waals surface area contributed by atoms with Crippen LogP contribution in [0.15, 0.2) is 39.8 Å². The molecule has 0 radical (unpaired) electrons. The molecule has 1 heterocycles. The first-order chi connectivity index (χ1) is 8.90. The number of anilines is 1. The monoisotopic (exact) mass is 288 g/mol. The number of hydrogen-bond acceptors (Lipinski definition) is 4. The summed E-state index contributed by atoms with van der Waals surface area (Å²) in [5.41, 5.74) is 5.06. The third kappa shape index (κ3) is 3.09. The van der Waals surface area contributed by atoms with Crippen LogP contribution < -0.4 is 10.5 Å². The molecule has 8 heteroatoms. The zero-order valence-electron chi connectivity index (χ0n) is 9.56. The molecule has 1 aromatic carbocycles. The van der Waals surface area contributed by atoms with Crippen molar-refractivity contribution >= 4 is 15.7 Å². The second-order valence-electron chi connectivity index (χ2n) is 3.69. The number of furan rings is 1. The average Bonchev–Trinajstić information content (AvgIpc) is 2.75. The molecule has 102 valence electrons. The zero-order chi connectivity index (χ0) is 14.0. The van der Waals surface area contributed by atoms with E-state index in [9.17, 15) is 17.2 Å². The van der Waals surface area contributed by atoms with E-state index in [0.717, 1.165) is 12.1 Å². The molecule has 0 bridgehead atoms. The van der Waals surface area contributed by atoms with Crippen molar-refractivity contribution in [3.8, 4) is 0 Å². The van der Waals surface area contributed by atoms with Crippen LogP contribution in [-0.4, -0.2) is 8.42 Å². The van der Waals surface area contributed by atoms with Gasteiger partial charge in [-0.25, -0.2) is 8.78 Å². The van der Waals surface area contributed by atoms with Crippen LogP contribution in [0.5, 0.6) is 0 Å². The van der Waals surface area contributed by atoms with E-state index in [2.05, 4.69) is 0 Å². The van der Waals surface area contributed by atoms with Gasteiger partial charge in [0.1, 0.15) is 17.4 Å². The number of nitrogens with two attached hydrogens (primary N) is 1. The minimum Gasteiger partial charge on any atom is -0.446 e. The molecule has 2 rings (SSSR count). The van der Waals surface area contributed by atoms with Crippen LogP contribution in [0, 0.1) is 11.6 Å². The van der Waals surface area contributed by atoms with Gasteiger partial charge in [0.25, 0.3) is 10.0 Å². The van der Waals surface area contributed by atoms with E-state index in [1.165, 1.54) is 12.1 Å². The summed E-state index contributed by atoms with van der Waals surface area (Å²) in [6.45, 7) is 0.0457. The van der Waals surface area contributed by atoms with E-state index in [-0.39, 0.29) is 23.1 Å². The van der Waals surface area contributed by atoms with Crippen molar-refractivity contribution in [1.29, 1.82) is 0 Å². The van der Waals surface area contributed by atoms with E-state index in [4.69, 9.17) is 10.2 Å². The minimum atomic E-state index is -4.04. The quantitative estimate of drug-likeness (QED) is 0.898. The lowest BCUT2D eigenvalue weighted by Crippen LogP contribution is -2.12. The molecule has 2 aromatic rings. The van der Waals surface area contributed by atoms with Gasteiger partial charge in [0.15, 0.2) is 0 Å². The van der Waals surface area contributed by atoms with Crippen LogP contribution in [0.2, 0.25) is 0 Å². The van der Waals surface area contributed by atoms with Gasteiger partial charge in [-0.05, 0) is 24.3 Å². The van der Waals surface area contributed by atoms with Gasteiger partial charge in [0.05, 0.1) is 12.2 Å². The maximum absolute atomic E-state index is 12.9. The molecule has 1 aromatic heterocycles. The number of halogens is 2. The average molecular weight is 288 g/mol. The topological polar surface area (TPSA) is 85.3 Å². The lowest BCUT2D eigenvalue weighted by Gasteiger charge is -2.05. The molecule has 0 fully saturated rings. The van der Waals surface area contributed by atoms with Crippen molar-refractivity contribution in [2.45, 2.75) is 11.6 Å². The van der Waals surface area contributed by atoms with Crippen molar-refractivity contribution in [1.82, 2.24) is 0 Å². The van der Waals surface area contributed by atoms with Gasteiger partial charge in [-0.3, -0.25) is 4.72 Å². The van der Waals surface area contributed by atoms with E-state index in [0.29, 0.717) is 6.07 Å². The van der Waals surface area contributed by atoms with Crippen molar-refractivity contribution in [2.24, 2.45) is 5.73 Å². The lowest BCUT2D eigenvalue weighted by atomic mass is 10.3. The van der Waals surface area contributed by atoms with Gasteiger partial charge in [-0.15, -0.1) is 0 Å². The summed E-state index contributed by atoms with van der Waals surface area (Å²) in [4.78, 5) is 0. The molecule has 0 amide bonds. The summed E-state index contributed by atoms with van der Waals surface area (Å²) in [5.74, 6) is -1.50. The zero-order valence-corrected chi connectivity index (χ0v) is 10.4. The third-order valence-corrected chi connectivity index (χ3v) is 3.47. The molecule has 0 aliphatic carbocycles. The van der Waals surface area contributed by atoms with Gasteiger partial charge in [-0.1, -0.05) is 0 Å². The summed E-state index contributed by atoms with van der Waals surface area (Å²) >= 11 is 0. The fraction of sp³-hybridized carbons (Fsp3) is 0.0909. The Morgan fingerprint density at radius 2 is 1.79 bits per heavy atom. The molecule has 19 heavy (non-hydrogen) atoms. The maximum Gasteiger partial charge on any atom is 0.295 e. The Morgan fingerprint density at radius 3 is 2.32 bits per heavy atom. The van der Waals surface area contributed by atoms with E-state index < -0.39 is 21.7 Å². The molecule has 0 aliphatic heterocycles. The van der Waals surface area contributed by atoms with Gasteiger partial charge >= 0.3 is 0 Å². The Balaban J connectivity index is 2.30. The second kappa shape index (κ2) is 4.98. The number of hydrogen-bond donors (Lipinski definition) is 2.